The quantitative estimate of drug-likeness (QED) is 0.658. The van der Waals surface area contributed by atoms with Crippen molar-refractivity contribution in [2.45, 2.75) is 64.0 Å². The van der Waals surface area contributed by atoms with Crippen LogP contribution in [0.1, 0.15) is 52.4 Å². The van der Waals surface area contributed by atoms with Crippen molar-refractivity contribution in [2.24, 2.45) is 11.8 Å². The largest absolute Gasteiger partial charge is 0.469 e. The Kier molecular flexibility index (Phi) is 5.08. The molecule has 1 unspecified atom stereocenters. The SMILES string of the molecule is CCC(NC(=O)C(CC(=O)OC)NC(C)=O)(C1CC1)C1CC1. The fourth-order valence-corrected chi connectivity index (χ4v) is 3.42. The number of hydrogen-bond donors (Lipinski definition) is 2. The highest BCUT2D eigenvalue weighted by molar-refractivity contribution is 5.90. The maximum Gasteiger partial charge on any atom is 0.308 e. The molecule has 0 saturated heterocycles. The molecule has 2 aliphatic carbocycles. The van der Waals surface area contributed by atoms with E-state index in [1.165, 1.54) is 14.0 Å². The maximum atomic E-state index is 12.6. The molecule has 2 N–H and O–H groups in total. The van der Waals surface area contributed by atoms with Crippen LogP contribution in [0.3, 0.4) is 0 Å². The molecule has 2 amide bonds. The minimum absolute atomic E-state index is 0.142. The average Bonchev–Trinajstić information content (AvgIpc) is 3.34. The smallest absolute Gasteiger partial charge is 0.308 e. The lowest BCUT2D eigenvalue weighted by Crippen LogP contribution is -2.58. The fourth-order valence-electron chi connectivity index (χ4n) is 3.42. The van der Waals surface area contributed by atoms with E-state index in [1.807, 2.05) is 0 Å². The monoisotopic (exact) mass is 310 g/mol. The molecule has 1 atom stereocenters. The molecule has 2 saturated carbocycles. The number of methoxy groups -OCH3 is 1. The second kappa shape index (κ2) is 6.67. The summed E-state index contributed by atoms with van der Waals surface area (Å²) in [4.78, 5) is 35.4. The first-order valence-corrected chi connectivity index (χ1v) is 8.08. The highest BCUT2D eigenvalue weighted by Gasteiger charge is 2.54. The van der Waals surface area contributed by atoms with E-state index in [0.29, 0.717) is 11.8 Å². The van der Waals surface area contributed by atoms with Crippen molar-refractivity contribution in [1.82, 2.24) is 10.6 Å². The molecular formula is C16H26N2O4. The van der Waals surface area contributed by atoms with Crippen molar-refractivity contribution in [3.05, 3.63) is 0 Å². The van der Waals surface area contributed by atoms with Crippen LogP contribution in [0.15, 0.2) is 0 Å². The van der Waals surface area contributed by atoms with Gasteiger partial charge in [-0.15, -0.1) is 0 Å². The van der Waals surface area contributed by atoms with Crippen LogP contribution in [0.25, 0.3) is 0 Å². The summed E-state index contributed by atoms with van der Waals surface area (Å²) in [6.45, 7) is 3.44. The van der Waals surface area contributed by atoms with Gasteiger partial charge < -0.3 is 15.4 Å². The van der Waals surface area contributed by atoms with Crippen LogP contribution < -0.4 is 10.6 Å². The van der Waals surface area contributed by atoms with Crippen molar-refractivity contribution in [1.29, 1.82) is 0 Å². The van der Waals surface area contributed by atoms with Crippen LogP contribution in [0.5, 0.6) is 0 Å². The fraction of sp³-hybridized carbons (Fsp3) is 0.812. The average molecular weight is 310 g/mol. The Hall–Kier alpha value is -1.59. The Morgan fingerprint density at radius 2 is 1.73 bits per heavy atom. The van der Waals surface area contributed by atoms with Gasteiger partial charge in [0.2, 0.25) is 11.8 Å². The van der Waals surface area contributed by atoms with Crippen LogP contribution in [0.2, 0.25) is 0 Å². The molecule has 0 bridgehead atoms. The van der Waals surface area contributed by atoms with Gasteiger partial charge in [-0.2, -0.15) is 0 Å². The van der Waals surface area contributed by atoms with Crippen molar-refractivity contribution in [3.8, 4) is 0 Å². The van der Waals surface area contributed by atoms with E-state index in [1.54, 1.807) is 0 Å². The minimum atomic E-state index is -0.867. The van der Waals surface area contributed by atoms with Gasteiger partial charge in [-0.05, 0) is 43.9 Å². The second-order valence-electron chi connectivity index (χ2n) is 6.47. The molecule has 0 radical (unpaired) electrons. The molecule has 2 aliphatic rings. The van der Waals surface area contributed by atoms with E-state index in [9.17, 15) is 14.4 Å². The summed E-state index contributed by atoms with van der Waals surface area (Å²) in [5.74, 6) is -0.0470. The van der Waals surface area contributed by atoms with E-state index >= 15 is 0 Å². The van der Waals surface area contributed by atoms with Gasteiger partial charge in [-0.3, -0.25) is 14.4 Å². The summed E-state index contributed by atoms with van der Waals surface area (Å²) in [5, 5.41) is 5.74. The molecule has 6 nitrogen and oxygen atoms in total. The second-order valence-corrected chi connectivity index (χ2v) is 6.47. The lowest BCUT2D eigenvalue weighted by atomic mass is 9.84. The van der Waals surface area contributed by atoms with Crippen LogP contribution in [0.4, 0.5) is 0 Å². The number of esters is 1. The number of amides is 2. The molecule has 0 spiro atoms. The summed E-state index contributed by atoms with van der Waals surface area (Å²) in [5.41, 5.74) is -0.163. The minimum Gasteiger partial charge on any atom is -0.469 e. The van der Waals surface area contributed by atoms with Gasteiger partial charge in [-0.25, -0.2) is 0 Å². The number of hydrogen-bond acceptors (Lipinski definition) is 4. The summed E-state index contributed by atoms with van der Waals surface area (Å²) >= 11 is 0. The Labute approximate surface area is 131 Å². The Bertz CT molecular complexity index is 443. The van der Waals surface area contributed by atoms with Gasteiger partial charge in [0.15, 0.2) is 0 Å². The Morgan fingerprint density at radius 1 is 1.18 bits per heavy atom. The third kappa shape index (κ3) is 3.78. The van der Waals surface area contributed by atoms with Crippen LogP contribution in [-0.2, 0) is 19.1 Å². The predicted molar refractivity (Wildman–Crippen MR) is 80.9 cm³/mol. The van der Waals surface area contributed by atoms with E-state index in [0.717, 1.165) is 32.1 Å². The third-order valence-corrected chi connectivity index (χ3v) is 4.85. The molecule has 124 valence electrons. The highest BCUT2D eigenvalue weighted by atomic mass is 16.5. The van der Waals surface area contributed by atoms with Crippen LogP contribution >= 0.6 is 0 Å². The molecule has 0 heterocycles. The van der Waals surface area contributed by atoms with Gasteiger partial charge in [0.05, 0.1) is 13.5 Å². The van der Waals surface area contributed by atoms with Crippen molar-refractivity contribution < 1.29 is 19.1 Å². The lowest BCUT2D eigenvalue weighted by Gasteiger charge is -2.36. The number of nitrogens with one attached hydrogen (secondary N) is 2. The molecule has 22 heavy (non-hydrogen) atoms. The van der Waals surface area contributed by atoms with Crippen molar-refractivity contribution in [2.75, 3.05) is 7.11 Å². The Morgan fingerprint density at radius 3 is 2.09 bits per heavy atom. The zero-order chi connectivity index (χ0) is 16.3. The molecule has 6 heteroatoms. The van der Waals surface area contributed by atoms with Gasteiger partial charge >= 0.3 is 5.97 Å². The number of carbonyl (C=O) groups is 3. The molecule has 2 rings (SSSR count). The topological polar surface area (TPSA) is 84.5 Å². The number of rotatable bonds is 8. The van der Waals surface area contributed by atoms with Crippen LogP contribution in [0, 0.1) is 11.8 Å². The van der Waals surface area contributed by atoms with Gasteiger partial charge in [0, 0.05) is 12.5 Å². The zero-order valence-corrected chi connectivity index (χ0v) is 13.6. The van der Waals surface area contributed by atoms with Gasteiger partial charge in [-0.1, -0.05) is 6.92 Å². The number of ether oxygens (including phenoxy) is 1. The van der Waals surface area contributed by atoms with Gasteiger partial charge in [0.25, 0.3) is 0 Å². The van der Waals surface area contributed by atoms with Crippen LogP contribution in [-0.4, -0.2) is 36.5 Å². The molecule has 0 aromatic heterocycles. The third-order valence-electron chi connectivity index (χ3n) is 4.85. The molecule has 0 aromatic carbocycles. The van der Waals surface area contributed by atoms with E-state index < -0.39 is 12.0 Å². The Balaban J connectivity index is 2.07. The first-order valence-electron chi connectivity index (χ1n) is 8.08. The van der Waals surface area contributed by atoms with E-state index in [-0.39, 0.29) is 23.8 Å². The lowest BCUT2D eigenvalue weighted by molar-refractivity contribution is -0.144. The molecular weight excluding hydrogens is 284 g/mol. The summed E-state index contributed by atoms with van der Waals surface area (Å²) in [6, 6.07) is -0.867. The van der Waals surface area contributed by atoms with E-state index in [4.69, 9.17) is 0 Å². The number of carbonyl (C=O) groups excluding carboxylic acids is 3. The molecule has 0 aromatic rings. The highest BCUT2D eigenvalue weighted by Crippen LogP contribution is 2.53. The normalized spacial score (nSPS) is 19.2. The predicted octanol–water partition coefficient (Wildman–Crippen LogP) is 1.14. The summed E-state index contributed by atoms with van der Waals surface area (Å²) < 4.78 is 4.62. The van der Waals surface area contributed by atoms with Crippen molar-refractivity contribution >= 4 is 17.8 Å². The first-order chi connectivity index (χ1) is 10.4. The van der Waals surface area contributed by atoms with Gasteiger partial charge in [0.1, 0.15) is 6.04 Å². The maximum absolute atomic E-state index is 12.6. The zero-order valence-electron chi connectivity index (χ0n) is 13.6. The van der Waals surface area contributed by atoms with E-state index in [2.05, 4.69) is 22.3 Å². The standard InChI is InChI=1S/C16H26N2O4/c1-4-16(11-5-6-11,12-7-8-12)18-15(21)13(17-10(2)19)9-14(20)22-3/h11-13H,4-9H2,1-3H3,(H,17,19)(H,18,21). The summed E-state index contributed by atoms with van der Waals surface area (Å²) in [6.07, 6.45) is 5.33. The molecule has 2 fully saturated rings. The summed E-state index contributed by atoms with van der Waals surface area (Å²) in [7, 11) is 1.27. The first kappa shape index (κ1) is 16.8. The molecule has 0 aliphatic heterocycles. The van der Waals surface area contributed by atoms with Crippen molar-refractivity contribution in [3.63, 3.8) is 0 Å².